The van der Waals surface area contributed by atoms with E-state index in [1.54, 1.807) is 37.3 Å². The molecule has 2 heterocycles. The number of anilines is 1. The standard InChI is InChI=1S/C16H14ClN3O4S/c1-9(14(21)18-10-5-6-12(22-2)11(17)8-10)25-16-20-19-15(24-16)13-4-3-7-23-13/h3-9H,1-2H3,(H,18,21)/t9-/m0/s1. The minimum absolute atomic E-state index is 0.219. The van der Waals surface area contributed by atoms with Crippen LogP contribution < -0.4 is 10.1 Å². The number of hydrogen-bond donors (Lipinski definition) is 1. The number of benzene rings is 1. The van der Waals surface area contributed by atoms with Gasteiger partial charge in [0.2, 0.25) is 5.91 Å². The smallest absolute Gasteiger partial charge is 0.284 e. The predicted octanol–water partition coefficient (Wildman–Crippen LogP) is 4.11. The first-order chi connectivity index (χ1) is 12.1. The van der Waals surface area contributed by atoms with Crippen LogP contribution in [0.5, 0.6) is 5.75 Å². The molecule has 0 saturated heterocycles. The third-order valence-corrected chi connectivity index (χ3v) is 4.43. The first-order valence-electron chi connectivity index (χ1n) is 7.25. The van der Waals surface area contributed by atoms with E-state index in [1.165, 1.54) is 13.4 Å². The topological polar surface area (TPSA) is 90.4 Å². The number of ether oxygens (including phenoxy) is 1. The molecule has 1 N–H and O–H groups in total. The van der Waals surface area contributed by atoms with Crippen molar-refractivity contribution in [3.63, 3.8) is 0 Å². The zero-order valence-electron chi connectivity index (χ0n) is 13.4. The summed E-state index contributed by atoms with van der Waals surface area (Å²) in [5.74, 6) is 1.06. The van der Waals surface area contributed by atoms with Crippen molar-refractivity contribution in [1.82, 2.24) is 10.2 Å². The van der Waals surface area contributed by atoms with Gasteiger partial charge in [0.15, 0.2) is 5.76 Å². The van der Waals surface area contributed by atoms with Gasteiger partial charge in [0.1, 0.15) is 5.75 Å². The van der Waals surface area contributed by atoms with Crippen LogP contribution in [0.2, 0.25) is 5.02 Å². The van der Waals surface area contributed by atoms with Gasteiger partial charge >= 0.3 is 0 Å². The lowest BCUT2D eigenvalue weighted by molar-refractivity contribution is -0.115. The molecule has 25 heavy (non-hydrogen) atoms. The van der Waals surface area contributed by atoms with Crippen molar-refractivity contribution in [2.45, 2.75) is 17.4 Å². The number of furan rings is 1. The quantitative estimate of drug-likeness (QED) is 0.644. The molecule has 0 aliphatic heterocycles. The largest absolute Gasteiger partial charge is 0.495 e. The summed E-state index contributed by atoms with van der Waals surface area (Å²) in [5, 5.41) is 10.8. The van der Waals surface area contributed by atoms with Gasteiger partial charge in [0.05, 0.1) is 23.6 Å². The summed E-state index contributed by atoms with van der Waals surface area (Å²) in [6.45, 7) is 1.74. The molecule has 0 saturated carbocycles. The fraction of sp³-hybridized carbons (Fsp3) is 0.188. The highest BCUT2D eigenvalue weighted by molar-refractivity contribution is 8.00. The maximum Gasteiger partial charge on any atom is 0.284 e. The molecule has 0 bridgehead atoms. The molecule has 7 nitrogen and oxygen atoms in total. The number of hydrogen-bond acceptors (Lipinski definition) is 7. The lowest BCUT2D eigenvalue weighted by atomic mass is 10.3. The maximum absolute atomic E-state index is 12.3. The Kier molecular flexibility index (Phi) is 5.30. The van der Waals surface area contributed by atoms with E-state index in [2.05, 4.69) is 15.5 Å². The summed E-state index contributed by atoms with van der Waals surface area (Å²) in [5.41, 5.74) is 0.574. The number of amides is 1. The van der Waals surface area contributed by atoms with Gasteiger partial charge in [-0.05, 0) is 37.3 Å². The van der Waals surface area contributed by atoms with E-state index in [0.29, 0.717) is 22.2 Å². The third kappa shape index (κ3) is 4.15. The summed E-state index contributed by atoms with van der Waals surface area (Å²) in [6.07, 6.45) is 1.52. The molecule has 130 valence electrons. The molecule has 1 atom stereocenters. The molecular formula is C16H14ClN3O4S. The second-order valence-electron chi connectivity index (χ2n) is 4.95. The molecule has 0 unspecified atom stereocenters. The highest BCUT2D eigenvalue weighted by atomic mass is 35.5. The second-order valence-corrected chi connectivity index (χ2v) is 6.65. The van der Waals surface area contributed by atoms with Crippen molar-refractivity contribution in [2.75, 3.05) is 12.4 Å². The molecule has 1 aromatic carbocycles. The average molecular weight is 380 g/mol. The SMILES string of the molecule is COc1ccc(NC(=O)[C@H](C)Sc2nnc(-c3ccco3)o2)cc1Cl. The van der Waals surface area contributed by atoms with Crippen LogP contribution in [0, 0.1) is 0 Å². The van der Waals surface area contributed by atoms with Gasteiger partial charge in [0, 0.05) is 5.69 Å². The summed E-state index contributed by atoms with van der Waals surface area (Å²) < 4.78 is 15.7. The Bertz CT molecular complexity index is 866. The number of rotatable bonds is 6. The fourth-order valence-corrected chi connectivity index (χ4v) is 2.89. The predicted molar refractivity (Wildman–Crippen MR) is 94.0 cm³/mol. The van der Waals surface area contributed by atoms with E-state index in [4.69, 9.17) is 25.2 Å². The fourth-order valence-electron chi connectivity index (χ4n) is 1.95. The molecule has 0 radical (unpaired) electrons. The molecule has 0 aliphatic carbocycles. The van der Waals surface area contributed by atoms with Gasteiger partial charge in [-0.25, -0.2) is 0 Å². The van der Waals surface area contributed by atoms with Crippen molar-refractivity contribution in [2.24, 2.45) is 0 Å². The van der Waals surface area contributed by atoms with E-state index >= 15 is 0 Å². The Morgan fingerprint density at radius 3 is 2.88 bits per heavy atom. The Morgan fingerprint density at radius 1 is 1.36 bits per heavy atom. The third-order valence-electron chi connectivity index (χ3n) is 3.20. The molecule has 3 rings (SSSR count). The Labute approximate surface area is 152 Å². The van der Waals surface area contributed by atoms with Crippen molar-refractivity contribution in [1.29, 1.82) is 0 Å². The zero-order chi connectivity index (χ0) is 17.8. The number of aromatic nitrogens is 2. The number of thioether (sulfide) groups is 1. The van der Waals surface area contributed by atoms with E-state index in [1.807, 2.05) is 0 Å². The van der Waals surface area contributed by atoms with Gasteiger partial charge < -0.3 is 18.9 Å². The maximum atomic E-state index is 12.3. The number of nitrogens with one attached hydrogen (secondary N) is 1. The van der Waals surface area contributed by atoms with Gasteiger partial charge in [-0.1, -0.05) is 23.4 Å². The number of halogens is 1. The Balaban J connectivity index is 1.62. The summed E-state index contributed by atoms with van der Waals surface area (Å²) in [6, 6.07) is 8.45. The van der Waals surface area contributed by atoms with Crippen LogP contribution in [0.3, 0.4) is 0 Å². The first kappa shape index (κ1) is 17.4. The van der Waals surface area contributed by atoms with Gasteiger partial charge in [0.25, 0.3) is 11.1 Å². The number of nitrogens with zero attached hydrogens (tertiary/aromatic N) is 2. The van der Waals surface area contributed by atoms with E-state index in [-0.39, 0.29) is 17.0 Å². The highest BCUT2D eigenvalue weighted by Crippen LogP contribution is 2.29. The summed E-state index contributed by atoms with van der Waals surface area (Å²) in [4.78, 5) is 12.3. The summed E-state index contributed by atoms with van der Waals surface area (Å²) >= 11 is 7.20. The van der Waals surface area contributed by atoms with Crippen LogP contribution in [-0.2, 0) is 4.79 Å². The van der Waals surface area contributed by atoms with Gasteiger partial charge in [-0.3, -0.25) is 4.79 Å². The lowest BCUT2D eigenvalue weighted by Crippen LogP contribution is -2.22. The van der Waals surface area contributed by atoms with Gasteiger partial charge in [-0.2, -0.15) is 0 Å². The first-order valence-corrected chi connectivity index (χ1v) is 8.51. The average Bonchev–Trinajstić information content (AvgIpc) is 3.26. The Morgan fingerprint density at radius 2 is 2.20 bits per heavy atom. The molecule has 9 heteroatoms. The monoisotopic (exact) mass is 379 g/mol. The molecule has 0 aliphatic rings. The minimum atomic E-state index is -0.453. The van der Waals surface area contributed by atoms with E-state index < -0.39 is 5.25 Å². The van der Waals surface area contributed by atoms with E-state index in [9.17, 15) is 4.79 Å². The van der Waals surface area contributed by atoms with Crippen LogP contribution in [-0.4, -0.2) is 28.5 Å². The van der Waals surface area contributed by atoms with Crippen LogP contribution in [0.1, 0.15) is 6.92 Å². The summed E-state index contributed by atoms with van der Waals surface area (Å²) in [7, 11) is 1.53. The highest BCUT2D eigenvalue weighted by Gasteiger charge is 2.20. The van der Waals surface area contributed by atoms with Crippen molar-refractivity contribution in [3.05, 3.63) is 41.6 Å². The normalized spacial score (nSPS) is 12.0. The Hall–Kier alpha value is -2.45. The molecule has 0 spiro atoms. The number of carbonyl (C=O) groups is 1. The molecule has 2 aromatic heterocycles. The minimum Gasteiger partial charge on any atom is -0.495 e. The molecule has 1 amide bonds. The lowest BCUT2D eigenvalue weighted by Gasteiger charge is -2.11. The zero-order valence-corrected chi connectivity index (χ0v) is 14.9. The van der Waals surface area contributed by atoms with Crippen molar-refractivity contribution in [3.8, 4) is 17.4 Å². The number of methoxy groups -OCH3 is 1. The van der Waals surface area contributed by atoms with Crippen LogP contribution >= 0.6 is 23.4 Å². The van der Waals surface area contributed by atoms with Gasteiger partial charge in [-0.15, -0.1) is 10.2 Å². The second kappa shape index (κ2) is 7.62. The molecule has 3 aromatic rings. The van der Waals surface area contributed by atoms with Crippen molar-refractivity contribution < 1.29 is 18.4 Å². The van der Waals surface area contributed by atoms with Crippen LogP contribution in [0.4, 0.5) is 5.69 Å². The molecular weight excluding hydrogens is 366 g/mol. The van der Waals surface area contributed by atoms with Crippen LogP contribution in [0.25, 0.3) is 11.7 Å². The molecule has 0 fully saturated rings. The van der Waals surface area contributed by atoms with E-state index in [0.717, 1.165) is 11.8 Å². The number of carbonyl (C=O) groups excluding carboxylic acids is 1. The van der Waals surface area contributed by atoms with Crippen molar-refractivity contribution >= 4 is 35.0 Å². The van der Waals surface area contributed by atoms with Crippen LogP contribution in [0.15, 0.2) is 50.7 Å².